The first-order valence-electron chi connectivity index (χ1n) is 3.74. The minimum Gasteiger partial charge on any atom is -0.180 e. The van der Waals surface area contributed by atoms with Crippen LogP contribution in [0.5, 0.6) is 0 Å². The summed E-state index contributed by atoms with van der Waals surface area (Å²) < 4.78 is 0. The fourth-order valence-corrected chi connectivity index (χ4v) is 1.32. The summed E-state index contributed by atoms with van der Waals surface area (Å²) in [5.41, 5.74) is 1.23. The SMILES string of the molecule is Cc1[c-]ccc2ccccc12.[Ir]. The zero-order valence-corrected chi connectivity index (χ0v) is 9.19. The molecule has 0 aromatic heterocycles. The molecule has 0 nitrogen and oxygen atoms in total. The van der Waals surface area contributed by atoms with Gasteiger partial charge in [-0.2, -0.15) is 23.8 Å². The smallest absolute Gasteiger partial charge is 0 e. The molecule has 0 unspecified atom stereocenters. The van der Waals surface area contributed by atoms with Gasteiger partial charge in [0.1, 0.15) is 0 Å². The summed E-state index contributed by atoms with van der Waals surface area (Å²) in [5.74, 6) is 0. The number of hydrogen-bond acceptors (Lipinski definition) is 0. The maximum absolute atomic E-state index is 3.17. The summed E-state index contributed by atoms with van der Waals surface area (Å²) in [7, 11) is 0. The molecule has 1 heteroatoms. The second-order valence-corrected chi connectivity index (χ2v) is 2.69. The van der Waals surface area contributed by atoms with Crippen LogP contribution < -0.4 is 0 Å². The number of fused-ring (bicyclic) bond motifs is 1. The molecule has 0 aliphatic heterocycles. The molecule has 0 saturated heterocycles. The van der Waals surface area contributed by atoms with Crippen molar-refractivity contribution >= 4 is 10.8 Å². The van der Waals surface area contributed by atoms with Gasteiger partial charge in [0.15, 0.2) is 0 Å². The van der Waals surface area contributed by atoms with Crippen molar-refractivity contribution in [1.29, 1.82) is 0 Å². The number of aryl methyl sites for hydroxylation is 1. The van der Waals surface area contributed by atoms with Crippen LogP contribution >= 0.6 is 0 Å². The summed E-state index contributed by atoms with van der Waals surface area (Å²) in [6.45, 7) is 2.09. The Kier molecular flexibility index (Phi) is 3.02. The van der Waals surface area contributed by atoms with Gasteiger partial charge >= 0.3 is 0 Å². The van der Waals surface area contributed by atoms with Gasteiger partial charge in [-0.1, -0.05) is 25.1 Å². The van der Waals surface area contributed by atoms with Crippen molar-refractivity contribution in [3.63, 3.8) is 0 Å². The number of rotatable bonds is 0. The van der Waals surface area contributed by atoms with Crippen LogP contribution in [0, 0.1) is 13.0 Å². The topological polar surface area (TPSA) is 0 Å². The molecule has 0 spiro atoms. The Morgan fingerprint density at radius 2 is 1.83 bits per heavy atom. The standard InChI is InChI=1S/C11H9.Ir/c1-9-5-4-7-10-6-2-3-8-11(9)10;/h2-4,6-8H,1H3;/q-1;. The fraction of sp³-hybridized carbons (Fsp3) is 0.0909. The molecule has 0 atom stereocenters. The minimum absolute atomic E-state index is 0. The van der Waals surface area contributed by atoms with Crippen molar-refractivity contribution < 1.29 is 20.1 Å². The molecule has 63 valence electrons. The van der Waals surface area contributed by atoms with Gasteiger partial charge in [0.2, 0.25) is 0 Å². The van der Waals surface area contributed by atoms with E-state index in [4.69, 9.17) is 0 Å². The maximum Gasteiger partial charge on any atom is 0 e. The van der Waals surface area contributed by atoms with E-state index in [1.807, 2.05) is 6.07 Å². The molecular formula is C11H9Ir-. The zero-order chi connectivity index (χ0) is 7.68. The van der Waals surface area contributed by atoms with Crippen LogP contribution in [0.1, 0.15) is 5.56 Å². The molecule has 0 fully saturated rings. The predicted octanol–water partition coefficient (Wildman–Crippen LogP) is 2.95. The Balaban J connectivity index is 0.000000720. The van der Waals surface area contributed by atoms with E-state index in [1.165, 1.54) is 16.3 Å². The Labute approximate surface area is 86.0 Å². The largest absolute Gasteiger partial charge is 0.180 e. The van der Waals surface area contributed by atoms with Gasteiger partial charge < -0.3 is 0 Å². The second kappa shape index (κ2) is 3.84. The van der Waals surface area contributed by atoms with E-state index >= 15 is 0 Å². The third kappa shape index (κ3) is 1.57. The average Bonchev–Trinajstić information content (AvgIpc) is 2.06. The van der Waals surface area contributed by atoms with Crippen molar-refractivity contribution in [2.75, 3.05) is 0 Å². The van der Waals surface area contributed by atoms with Crippen LogP contribution in [0.25, 0.3) is 10.8 Å². The third-order valence-corrected chi connectivity index (χ3v) is 1.93. The number of hydrogen-bond donors (Lipinski definition) is 0. The normalized spacial score (nSPS) is 9.42. The molecule has 0 aliphatic rings. The van der Waals surface area contributed by atoms with Crippen LogP contribution in [-0.4, -0.2) is 0 Å². The van der Waals surface area contributed by atoms with Gasteiger partial charge in [-0.25, -0.2) is 0 Å². The molecule has 2 rings (SSSR count). The van der Waals surface area contributed by atoms with E-state index in [2.05, 4.69) is 43.3 Å². The van der Waals surface area contributed by atoms with Crippen LogP contribution in [0.2, 0.25) is 0 Å². The van der Waals surface area contributed by atoms with Crippen molar-refractivity contribution in [1.82, 2.24) is 0 Å². The van der Waals surface area contributed by atoms with Gasteiger partial charge in [-0.15, -0.1) is 16.8 Å². The molecule has 12 heavy (non-hydrogen) atoms. The fourth-order valence-electron chi connectivity index (χ4n) is 1.32. The molecule has 0 heterocycles. The van der Waals surface area contributed by atoms with E-state index in [9.17, 15) is 0 Å². The Morgan fingerprint density at radius 1 is 1.08 bits per heavy atom. The van der Waals surface area contributed by atoms with E-state index in [1.54, 1.807) is 0 Å². The molecule has 0 N–H and O–H groups in total. The maximum atomic E-state index is 3.17. The molecule has 0 saturated carbocycles. The van der Waals surface area contributed by atoms with Gasteiger partial charge in [0.05, 0.1) is 0 Å². The van der Waals surface area contributed by atoms with Crippen molar-refractivity contribution in [3.05, 3.63) is 48.0 Å². The van der Waals surface area contributed by atoms with Gasteiger partial charge in [0, 0.05) is 20.1 Å². The predicted molar refractivity (Wildman–Crippen MR) is 47.5 cm³/mol. The Bertz CT molecular complexity index is 374. The summed E-state index contributed by atoms with van der Waals surface area (Å²) in [4.78, 5) is 0. The average molecular weight is 333 g/mol. The molecule has 2 aromatic rings. The summed E-state index contributed by atoms with van der Waals surface area (Å²) in [5, 5.41) is 2.60. The van der Waals surface area contributed by atoms with Gasteiger partial charge in [-0.3, -0.25) is 0 Å². The van der Waals surface area contributed by atoms with Crippen LogP contribution in [0.15, 0.2) is 36.4 Å². The Morgan fingerprint density at radius 3 is 2.58 bits per heavy atom. The van der Waals surface area contributed by atoms with E-state index in [0.717, 1.165) is 0 Å². The van der Waals surface area contributed by atoms with Crippen LogP contribution in [-0.2, 0) is 20.1 Å². The molecule has 1 radical (unpaired) electrons. The van der Waals surface area contributed by atoms with Gasteiger partial charge in [0.25, 0.3) is 0 Å². The van der Waals surface area contributed by atoms with Gasteiger partial charge in [-0.05, 0) is 0 Å². The number of benzene rings is 2. The molecule has 0 bridgehead atoms. The molecule has 2 aromatic carbocycles. The third-order valence-electron chi connectivity index (χ3n) is 1.93. The van der Waals surface area contributed by atoms with E-state index in [0.29, 0.717) is 0 Å². The zero-order valence-electron chi connectivity index (χ0n) is 6.80. The first-order chi connectivity index (χ1) is 5.38. The van der Waals surface area contributed by atoms with Crippen LogP contribution in [0.4, 0.5) is 0 Å². The van der Waals surface area contributed by atoms with Crippen molar-refractivity contribution in [3.8, 4) is 0 Å². The first-order valence-corrected chi connectivity index (χ1v) is 3.74. The molecular weight excluding hydrogens is 324 g/mol. The molecule has 0 amide bonds. The summed E-state index contributed by atoms with van der Waals surface area (Å²) in [6, 6.07) is 15.6. The first kappa shape index (κ1) is 9.44. The molecule has 0 aliphatic carbocycles. The van der Waals surface area contributed by atoms with E-state index in [-0.39, 0.29) is 20.1 Å². The van der Waals surface area contributed by atoms with E-state index < -0.39 is 0 Å². The second-order valence-electron chi connectivity index (χ2n) is 2.69. The minimum atomic E-state index is 0. The Hall–Kier alpha value is -0.651. The van der Waals surface area contributed by atoms with Crippen molar-refractivity contribution in [2.24, 2.45) is 0 Å². The van der Waals surface area contributed by atoms with Crippen LogP contribution in [0.3, 0.4) is 0 Å². The van der Waals surface area contributed by atoms with Crippen molar-refractivity contribution in [2.45, 2.75) is 6.92 Å². The monoisotopic (exact) mass is 334 g/mol. The summed E-state index contributed by atoms with van der Waals surface area (Å²) >= 11 is 0. The summed E-state index contributed by atoms with van der Waals surface area (Å²) in [6.07, 6.45) is 0. The quantitative estimate of drug-likeness (QED) is 0.650.